The number of sulfonamides is 1. The van der Waals surface area contributed by atoms with Crippen LogP contribution in [0, 0.1) is 12.8 Å². The van der Waals surface area contributed by atoms with Crippen LogP contribution in [0.15, 0.2) is 29.2 Å². The van der Waals surface area contributed by atoms with Crippen LogP contribution in [-0.2, 0) is 10.0 Å². The van der Waals surface area contributed by atoms with Crippen LogP contribution in [-0.4, -0.2) is 31.1 Å². The third-order valence-corrected chi connectivity index (χ3v) is 5.56. The lowest BCUT2D eigenvalue weighted by Gasteiger charge is -2.37. The number of nitrogens with zero attached hydrogens (tertiary/aromatic N) is 1. The highest BCUT2D eigenvalue weighted by Crippen LogP contribution is 2.26. The van der Waals surface area contributed by atoms with Crippen molar-refractivity contribution in [3.63, 3.8) is 0 Å². The fourth-order valence-corrected chi connectivity index (χ4v) is 3.68. The number of hydrogen-bond acceptors (Lipinski definition) is 2. The average Bonchev–Trinajstić information content (AvgIpc) is 2.16. The number of hydrogen-bond donors (Lipinski definition) is 0. The van der Waals surface area contributed by atoms with Gasteiger partial charge in [0.2, 0.25) is 10.0 Å². The molecule has 3 nitrogen and oxygen atoms in total. The summed E-state index contributed by atoms with van der Waals surface area (Å²) < 4.78 is 25.7. The highest BCUT2D eigenvalue weighted by atomic mass is 79.9. The van der Waals surface area contributed by atoms with E-state index >= 15 is 0 Å². The van der Waals surface area contributed by atoms with Crippen LogP contribution < -0.4 is 0 Å². The summed E-state index contributed by atoms with van der Waals surface area (Å²) in [5, 5.41) is 0.868. The second-order valence-electron chi connectivity index (χ2n) is 4.16. The molecule has 1 heterocycles. The molecule has 0 spiro atoms. The molecule has 0 radical (unpaired) electrons. The Morgan fingerprint density at radius 3 is 2.38 bits per heavy atom. The summed E-state index contributed by atoms with van der Waals surface area (Å²) in [4.78, 5) is 0.395. The van der Waals surface area contributed by atoms with Crippen LogP contribution in [0.3, 0.4) is 0 Å². The Hall–Kier alpha value is -0.390. The van der Waals surface area contributed by atoms with E-state index in [1.54, 1.807) is 12.1 Å². The van der Waals surface area contributed by atoms with Crippen LogP contribution >= 0.6 is 15.9 Å². The molecule has 88 valence electrons. The second kappa shape index (κ2) is 4.47. The van der Waals surface area contributed by atoms with Gasteiger partial charge < -0.3 is 0 Å². The lowest BCUT2D eigenvalue weighted by atomic mass is 10.1. The fraction of sp³-hybridized carbons (Fsp3) is 0.455. The first kappa shape index (κ1) is 12.1. The third kappa shape index (κ3) is 2.17. The maximum absolute atomic E-state index is 12.1. The minimum absolute atomic E-state index is 0.395. The maximum Gasteiger partial charge on any atom is 0.243 e. The van der Waals surface area contributed by atoms with E-state index in [0.717, 1.165) is 10.9 Å². The molecule has 5 heteroatoms. The van der Waals surface area contributed by atoms with Gasteiger partial charge in [-0.15, -0.1) is 0 Å². The molecular formula is C11H14BrNO2S. The van der Waals surface area contributed by atoms with Crippen molar-refractivity contribution in [2.24, 2.45) is 5.92 Å². The summed E-state index contributed by atoms with van der Waals surface area (Å²) in [6, 6.07) is 7.00. The standard InChI is InChI=1S/C11H14BrNO2S/c1-9-2-4-11(5-3-9)16(14,15)13-7-10(6-12)8-13/h2-5,10H,6-8H2,1H3. The van der Waals surface area contributed by atoms with Crippen LogP contribution in [0.25, 0.3) is 0 Å². The van der Waals surface area contributed by atoms with E-state index < -0.39 is 10.0 Å². The van der Waals surface area contributed by atoms with Crippen LogP contribution in [0.5, 0.6) is 0 Å². The topological polar surface area (TPSA) is 37.4 Å². The summed E-state index contributed by atoms with van der Waals surface area (Å²) in [5.41, 5.74) is 1.07. The predicted molar refractivity (Wildman–Crippen MR) is 67.2 cm³/mol. The van der Waals surface area contributed by atoms with Gasteiger partial charge in [-0.2, -0.15) is 4.31 Å². The van der Waals surface area contributed by atoms with Crippen molar-refractivity contribution in [1.82, 2.24) is 4.31 Å². The molecule has 16 heavy (non-hydrogen) atoms. The highest BCUT2D eigenvalue weighted by molar-refractivity contribution is 9.09. The lowest BCUT2D eigenvalue weighted by Crippen LogP contribution is -2.50. The Morgan fingerprint density at radius 2 is 1.88 bits per heavy atom. The summed E-state index contributed by atoms with van der Waals surface area (Å²) in [5.74, 6) is 0.459. The van der Waals surface area contributed by atoms with E-state index in [0.29, 0.717) is 23.9 Å². The number of halogens is 1. The van der Waals surface area contributed by atoms with Gasteiger partial charge in [-0.1, -0.05) is 33.6 Å². The van der Waals surface area contributed by atoms with Gasteiger partial charge >= 0.3 is 0 Å². The smallest absolute Gasteiger partial charge is 0.207 e. The van der Waals surface area contributed by atoms with Gasteiger partial charge in [0.15, 0.2) is 0 Å². The monoisotopic (exact) mass is 303 g/mol. The minimum Gasteiger partial charge on any atom is -0.207 e. The summed E-state index contributed by atoms with van der Waals surface area (Å²) in [6.07, 6.45) is 0. The van der Waals surface area contributed by atoms with Gasteiger partial charge in [0.25, 0.3) is 0 Å². The van der Waals surface area contributed by atoms with Gasteiger partial charge in [-0.3, -0.25) is 0 Å². The van der Waals surface area contributed by atoms with Gasteiger partial charge in [-0.05, 0) is 25.0 Å². The molecule has 1 aromatic carbocycles. The SMILES string of the molecule is Cc1ccc(S(=O)(=O)N2CC(CBr)C2)cc1. The van der Waals surface area contributed by atoms with E-state index in [-0.39, 0.29) is 0 Å². The zero-order chi connectivity index (χ0) is 11.8. The molecule has 1 aliphatic rings. The van der Waals surface area contributed by atoms with Crippen molar-refractivity contribution in [3.05, 3.63) is 29.8 Å². The normalized spacial score (nSPS) is 18.4. The Kier molecular flexibility index (Phi) is 3.37. The van der Waals surface area contributed by atoms with E-state index in [1.807, 2.05) is 19.1 Å². The quantitative estimate of drug-likeness (QED) is 0.801. The van der Waals surface area contributed by atoms with Crippen molar-refractivity contribution >= 4 is 26.0 Å². The molecule has 0 amide bonds. The van der Waals surface area contributed by atoms with Crippen LogP contribution in [0.1, 0.15) is 5.56 Å². The largest absolute Gasteiger partial charge is 0.243 e. The van der Waals surface area contributed by atoms with Crippen molar-refractivity contribution < 1.29 is 8.42 Å². The van der Waals surface area contributed by atoms with Gasteiger partial charge in [0, 0.05) is 18.4 Å². The molecule has 0 unspecified atom stereocenters. The summed E-state index contributed by atoms with van der Waals surface area (Å²) in [7, 11) is -3.25. The third-order valence-electron chi connectivity index (χ3n) is 2.80. The molecule has 1 aromatic rings. The van der Waals surface area contributed by atoms with Crippen molar-refractivity contribution in [2.45, 2.75) is 11.8 Å². The molecule has 2 rings (SSSR count). The molecule has 1 aliphatic heterocycles. The summed E-state index contributed by atoms with van der Waals surface area (Å²) >= 11 is 3.36. The van der Waals surface area contributed by atoms with Gasteiger partial charge in [-0.25, -0.2) is 8.42 Å². The first-order chi connectivity index (χ1) is 7.54. The van der Waals surface area contributed by atoms with Crippen LogP contribution in [0.2, 0.25) is 0 Å². The Morgan fingerprint density at radius 1 is 1.31 bits per heavy atom. The first-order valence-corrected chi connectivity index (χ1v) is 7.73. The minimum atomic E-state index is -3.25. The molecule has 0 saturated carbocycles. The molecule has 1 saturated heterocycles. The van der Waals surface area contributed by atoms with E-state index in [2.05, 4.69) is 15.9 Å². The van der Waals surface area contributed by atoms with Crippen molar-refractivity contribution in [3.8, 4) is 0 Å². The predicted octanol–water partition coefficient (Wildman–Crippen LogP) is 2.01. The zero-order valence-corrected chi connectivity index (χ0v) is 11.5. The number of alkyl halides is 1. The average molecular weight is 304 g/mol. The zero-order valence-electron chi connectivity index (χ0n) is 9.06. The number of benzene rings is 1. The first-order valence-electron chi connectivity index (χ1n) is 5.17. The Balaban J connectivity index is 2.17. The molecule has 1 fully saturated rings. The Labute approximate surface area is 105 Å². The second-order valence-corrected chi connectivity index (χ2v) is 6.74. The molecular weight excluding hydrogens is 290 g/mol. The van der Waals surface area contributed by atoms with Crippen molar-refractivity contribution in [2.75, 3.05) is 18.4 Å². The lowest BCUT2D eigenvalue weighted by molar-refractivity contribution is 0.223. The molecule has 0 aromatic heterocycles. The van der Waals surface area contributed by atoms with E-state index in [9.17, 15) is 8.42 Å². The Bertz CT molecular complexity index is 463. The maximum atomic E-state index is 12.1. The number of rotatable bonds is 3. The molecule has 0 N–H and O–H groups in total. The van der Waals surface area contributed by atoms with Gasteiger partial charge in [0.1, 0.15) is 0 Å². The molecule has 0 aliphatic carbocycles. The van der Waals surface area contributed by atoms with E-state index in [4.69, 9.17) is 0 Å². The van der Waals surface area contributed by atoms with E-state index in [1.165, 1.54) is 4.31 Å². The summed E-state index contributed by atoms with van der Waals surface area (Å²) in [6.45, 7) is 3.20. The molecule has 0 atom stereocenters. The van der Waals surface area contributed by atoms with Gasteiger partial charge in [0.05, 0.1) is 4.90 Å². The number of aryl methyl sites for hydroxylation is 1. The highest BCUT2D eigenvalue weighted by Gasteiger charge is 2.35. The fourth-order valence-electron chi connectivity index (χ4n) is 1.68. The van der Waals surface area contributed by atoms with Crippen LogP contribution in [0.4, 0.5) is 0 Å². The van der Waals surface area contributed by atoms with Crippen molar-refractivity contribution in [1.29, 1.82) is 0 Å². The molecule has 0 bridgehead atoms.